The van der Waals surface area contributed by atoms with Crippen LogP contribution in [0.1, 0.15) is 5.56 Å². The molecule has 0 saturated carbocycles. The second-order valence-electron chi connectivity index (χ2n) is 2.73. The number of carbonyl (C=O) groups is 1. The standard InChI is InChI=1S/C10H13NO2/c1-8-3-4-9(11-2)10(7-8)13-6-5-12/h3-5,7,11H,6H2,1-2H3. The van der Waals surface area contributed by atoms with Crippen molar-refractivity contribution in [1.29, 1.82) is 0 Å². The Balaban J connectivity index is 2.87. The van der Waals surface area contributed by atoms with Gasteiger partial charge in [-0.1, -0.05) is 6.07 Å². The van der Waals surface area contributed by atoms with Crippen molar-refractivity contribution in [2.45, 2.75) is 6.92 Å². The minimum atomic E-state index is 0.0954. The lowest BCUT2D eigenvalue weighted by Gasteiger charge is -2.09. The van der Waals surface area contributed by atoms with E-state index in [2.05, 4.69) is 5.32 Å². The highest BCUT2D eigenvalue weighted by atomic mass is 16.5. The molecule has 13 heavy (non-hydrogen) atoms. The van der Waals surface area contributed by atoms with E-state index in [-0.39, 0.29) is 6.61 Å². The molecule has 1 aromatic rings. The monoisotopic (exact) mass is 179 g/mol. The molecule has 3 nitrogen and oxygen atoms in total. The number of aldehydes is 1. The van der Waals surface area contributed by atoms with Gasteiger partial charge in [0.1, 0.15) is 12.4 Å². The molecule has 0 heterocycles. The van der Waals surface area contributed by atoms with Gasteiger partial charge in [-0.3, -0.25) is 4.79 Å². The highest BCUT2D eigenvalue weighted by molar-refractivity contribution is 5.59. The molecule has 3 heteroatoms. The molecule has 0 saturated heterocycles. The molecule has 70 valence electrons. The van der Waals surface area contributed by atoms with Crippen molar-refractivity contribution in [3.05, 3.63) is 23.8 Å². The number of rotatable bonds is 4. The number of hydrogen-bond acceptors (Lipinski definition) is 3. The van der Waals surface area contributed by atoms with Gasteiger partial charge >= 0.3 is 0 Å². The van der Waals surface area contributed by atoms with Crippen LogP contribution in [0.15, 0.2) is 18.2 Å². The van der Waals surface area contributed by atoms with E-state index in [1.807, 2.05) is 32.2 Å². The molecule has 0 aromatic heterocycles. The fourth-order valence-corrected chi connectivity index (χ4v) is 1.08. The molecule has 1 aromatic carbocycles. The van der Waals surface area contributed by atoms with Gasteiger partial charge in [-0.25, -0.2) is 0 Å². The molecule has 0 aliphatic rings. The normalized spacial score (nSPS) is 9.38. The van der Waals surface area contributed by atoms with Crippen molar-refractivity contribution in [2.24, 2.45) is 0 Å². The van der Waals surface area contributed by atoms with Gasteiger partial charge in [-0.2, -0.15) is 0 Å². The van der Waals surface area contributed by atoms with Crippen molar-refractivity contribution >= 4 is 12.0 Å². The first-order valence-corrected chi connectivity index (χ1v) is 4.12. The highest BCUT2D eigenvalue weighted by Gasteiger charge is 2.00. The van der Waals surface area contributed by atoms with Gasteiger partial charge in [0.25, 0.3) is 0 Å². The van der Waals surface area contributed by atoms with Crippen LogP contribution in [0.4, 0.5) is 5.69 Å². The molecule has 0 aliphatic carbocycles. The Hall–Kier alpha value is -1.51. The first kappa shape index (κ1) is 9.58. The summed E-state index contributed by atoms with van der Waals surface area (Å²) in [6.45, 7) is 2.07. The van der Waals surface area contributed by atoms with Crippen molar-refractivity contribution in [3.8, 4) is 5.75 Å². The predicted octanol–water partition coefficient (Wildman–Crippen LogP) is 1.61. The topological polar surface area (TPSA) is 38.3 Å². The van der Waals surface area contributed by atoms with Crippen LogP contribution in [0, 0.1) is 6.92 Å². The number of ether oxygens (including phenoxy) is 1. The van der Waals surface area contributed by atoms with Crippen molar-refractivity contribution in [2.75, 3.05) is 19.0 Å². The molecule has 0 aliphatic heterocycles. The lowest BCUT2D eigenvalue weighted by molar-refractivity contribution is -0.109. The Morgan fingerprint density at radius 1 is 1.54 bits per heavy atom. The smallest absolute Gasteiger partial charge is 0.157 e. The quantitative estimate of drug-likeness (QED) is 0.714. The fraction of sp³-hybridized carbons (Fsp3) is 0.300. The van der Waals surface area contributed by atoms with Crippen molar-refractivity contribution in [1.82, 2.24) is 0 Å². The lowest BCUT2D eigenvalue weighted by atomic mass is 10.2. The molecule has 1 N–H and O–H groups in total. The summed E-state index contributed by atoms with van der Waals surface area (Å²) in [4.78, 5) is 10.1. The fourth-order valence-electron chi connectivity index (χ4n) is 1.08. The summed E-state index contributed by atoms with van der Waals surface area (Å²) in [5.74, 6) is 0.717. The van der Waals surface area contributed by atoms with E-state index in [0.717, 1.165) is 23.3 Å². The van der Waals surface area contributed by atoms with E-state index in [9.17, 15) is 4.79 Å². The predicted molar refractivity (Wildman–Crippen MR) is 52.3 cm³/mol. The Labute approximate surface area is 77.7 Å². The Bertz CT molecular complexity index is 297. The SMILES string of the molecule is CNc1ccc(C)cc1OCC=O. The second kappa shape index (κ2) is 4.50. The summed E-state index contributed by atoms with van der Waals surface area (Å²) < 4.78 is 5.23. The van der Waals surface area contributed by atoms with E-state index >= 15 is 0 Å². The maximum atomic E-state index is 10.1. The summed E-state index contributed by atoms with van der Waals surface area (Å²) in [5.41, 5.74) is 2.01. The van der Waals surface area contributed by atoms with Gasteiger partial charge in [0, 0.05) is 7.05 Å². The number of hydrogen-bond donors (Lipinski definition) is 1. The van der Waals surface area contributed by atoms with Crippen LogP contribution in [0.3, 0.4) is 0 Å². The molecule has 0 bridgehead atoms. The van der Waals surface area contributed by atoms with Crippen molar-refractivity contribution < 1.29 is 9.53 Å². The van der Waals surface area contributed by atoms with E-state index < -0.39 is 0 Å². The molecular weight excluding hydrogens is 166 g/mol. The zero-order valence-electron chi connectivity index (χ0n) is 7.83. The molecule has 0 spiro atoms. The van der Waals surface area contributed by atoms with Gasteiger partial charge in [-0.05, 0) is 24.6 Å². The lowest BCUT2D eigenvalue weighted by Crippen LogP contribution is -2.01. The Kier molecular flexibility index (Phi) is 3.31. The summed E-state index contributed by atoms with van der Waals surface area (Å²) in [5, 5.41) is 2.99. The number of carbonyl (C=O) groups excluding carboxylic acids is 1. The van der Waals surface area contributed by atoms with Crippen LogP contribution in [0.25, 0.3) is 0 Å². The summed E-state index contributed by atoms with van der Waals surface area (Å²) in [6, 6.07) is 5.81. The van der Waals surface area contributed by atoms with E-state index in [4.69, 9.17) is 4.74 Å². The number of nitrogens with one attached hydrogen (secondary N) is 1. The average Bonchev–Trinajstić information content (AvgIpc) is 2.15. The first-order valence-electron chi connectivity index (χ1n) is 4.12. The van der Waals surface area contributed by atoms with Crippen LogP contribution < -0.4 is 10.1 Å². The van der Waals surface area contributed by atoms with Crippen LogP contribution in [-0.2, 0) is 4.79 Å². The second-order valence-corrected chi connectivity index (χ2v) is 2.73. The largest absolute Gasteiger partial charge is 0.484 e. The third-order valence-corrected chi connectivity index (χ3v) is 1.71. The van der Waals surface area contributed by atoms with E-state index in [1.165, 1.54) is 0 Å². The Morgan fingerprint density at radius 2 is 2.31 bits per heavy atom. The average molecular weight is 179 g/mol. The molecular formula is C10H13NO2. The molecule has 0 radical (unpaired) electrons. The molecule has 0 amide bonds. The van der Waals surface area contributed by atoms with Crippen LogP contribution in [0.5, 0.6) is 5.75 Å². The number of benzene rings is 1. The molecule has 0 unspecified atom stereocenters. The minimum absolute atomic E-state index is 0.0954. The van der Waals surface area contributed by atoms with E-state index in [1.54, 1.807) is 0 Å². The Morgan fingerprint density at radius 3 is 2.92 bits per heavy atom. The van der Waals surface area contributed by atoms with Gasteiger partial charge in [0.2, 0.25) is 0 Å². The van der Waals surface area contributed by atoms with Gasteiger partial charge < -0.3 is 10.1 Å². The van der Waals surface area contributed by atoms with Crippen molar-refractivity contribution in [3.63, 3.8) is 0 Å². The van der Waals surface area contributed by atoms with Crippen LogP contribution in [0.2, 0.25) is 0 Å². The third kappa shape index (κ3) is 2.47. The number of anilines is 1. The summed E-state index contributed by atoms with van der Waals surface area (Å²) >= 11 is 0. The zero-order valence-corrected chi connectivity index (χ0v) is 7.83. The maximum absolute atomic E-state index is 10.1. The molecule has 1 rings (SSSR count). The van der Waals surface area contributed by atoms with E-state index in [0.29, 0.717) is 0 Å². The third-order valence-electron chi connectivity index (χ3n) is 1.71. The van der Waals surface area contributed by atoms with Gasteiger partial charge in [-0.15, -0.1) is 0 Å². The van der Waals surface area contributed by atoms with Crippen LogP contribution >= 0.6 is 0 Å². The zero-order chi connectivity index (χ0) is 9.68. The maximum Gasteiger partial charge on any atom is 0.157 e. The van der Waals surface area contributed by atoms with Gasteiger partial charge in [0.05, 0.1) is 5.69 Å². The van der Waals surface area contributed by atoms with Gasteiger partial charge in [0.15, 0.2) is 6.29 Å². The molecule has 0 fully saturated rings. The minimum Gasteiger partial charge on any atom is -0.484 e. The first-order chi connectivity index (χ1) is 6.27. The number of aryl methyl sites for hydroxylation is 1. The van der Waals surface area contributed by atoms with Crippen LogP contribution in [-0.4, -0.2) is 19.9 Å². The molecule has 0 atom stereocenters. The summed E-state index contributed by atoms with van der Waals surface area (Å²) in [6.07, 6.45) is 0.738. The highest BCUT2D eigenvalue weighted by Crippen LogP contribution is 2.24. The summed E-state index contributed by atoms with van der Waals surface area (Å²) in [7, 11) is 1.82.